The first-order valence-electron chi connectivity index (χ1n) is 7.72. The zero-order chi connectivity index (χ0) is 14.3. The molecule has 0 aromatic rings. The number of aliphatic hydroxyl groups excluding tert-OH is 1. The molecule has 1 fully saturated rings. The zero-order valence-corrected chi connectivity index (χ0v) is 12.7. The number of hydrogen-bond acceptors (Lipinski definition) is 3. The molecule has 0 radical (unpaired) electrons. The van der Waals surface area contributed by atoms with Gasteiger partial charge in [-0.15, -0.1) is 0 Å². The third kappa shape index (κ3) is 5.49. The van der Waals surface area contributed by atoms with Crippen LogP contribution in [-0.2, 0) is 4.79 Å². The van der Waals surface area contributed by atoms with Crippen LogP contribution in [0.2, 0.25) is 0 Å². The van der Waals surface area contributed by atoms with Gasteiger partial charge in [-0.05, 0) is 39.2 Å². The molecule has 0 aromatic heterocycles. The minimum atomic E-state index is -0.178. The van der Waals surface area contributed by atoms with Gasteiger partial charge >= 0.3 is 0 Å². The van der Waals surface area contributed by atoms with Gasteiger partial charge in [-0.3, -0.25) is 9.69 Å². The van der Waals surface area contributed by atoms with Gasteiger partial charge in [-0.1, -0.05) is 26.2 Å². The molecule has 3 atom stereocenters. The van der Waals surface area contributed by atoms with Gasteiger partial charge < -0.3 is 10.4 Å². The van der Waals surface area contributed by atoms with Crippen LogP contribution in [0.4, 0.5) is 0 Å². The molecular weight excluding hydrogens is 240 g/mol. The molecule has 0 bridgehead atoms. The first-order chi connectivity index (χ1) is 9.06. The minimum absolute atomic E-state index is 0.103. The van der Waals surface area contributed by atoms with Gasteiger partial charge in [0.15, 0.2) is 0 Å². The van der Waals surface area contributed by atoms with Crippen molar-refractivity contribution in [3.05, 3.63) is 0 Å². The summed E-state index contributed by atoms with van der Waals surface area (Å²) in [6.45, 7) is 5.68. The molecule has 1 aliphatic carbocycles. The Balaban J connectivity index is 2.26. The highest BCUT2D eigenvalue weighted by molar-refractivity contribution is 5.81. The Kier molecular flexibility index (Phi) is 7.39. The van der Waals surface area contributed by atoms with Crippen LogP contribution in [0.3, 0.4) is 0 Å². The molecule has 1 aliphatic rings. The van der Waals surface area contributed by atoms with Crippen molar-refractivity contribution in [2.75, 3.05) is 20.1 Å². The smallest absolute Gasteiger partial charge is 0.237 e. The van der Waals surface area contributed by atoms with E-state index in [1.165, 1.54) is 12.8 Å². The number of likely N-dealkylation sites (N-methyl/N-ethyl adjacent to an activating group) is 1. The molecule has 3 unspecified atom stereocenters. The second kappa shape index (κ2) is 8.54. The summed E-state index contributed by atoms with van der Waals surface area (Å²) in [7, 11) is 1.97. The lowest BCUT2D eigenvalue weighted by molar-refractivity contribution is -0.125. The molecule has 1 saturated carbocycles. The maximum atomic E-state index is 12.0. The number of aliphatic hydroxyl groups is 1. The summed E-state index contributed by atoms with van der Waals surface area (Å²) in [6, 6.07) is -0.116. The molecule has 4 heteroatoms. The van der Waals surface area contributed by atoms with Gasteiger partial charge in [0.1, 0.15) is 0 Å². The lowest BCUT2D eigenvalue weighted by Crippen LogP contribution is -2.45. The maximum absolute atomic E-state index is 12.0. The number of rotatable bonds is 8. The molecule has 0 heterocycles. The molecule has 1 rings (SSSR count). The largest absolute Gasteiger partial charge is 0.393 e. The van der Waals surface area contributed by atoms with Crippen molar-refractivity contribution in [1.29, 1.82) is 0 Å². The van der Waals surface area contributed by atoms with E-state index < -0.39 is 0 Å². The Bertz CT molecular complexity index is 271. The van der Waals surface area contributed by atoms with Gasteiger partial charge in [-0.2, -0.15) is 0 Å². The van der Waals surface area contributed by atoms with E-state index in [0.29, 0.717) is 5.92 Å². The summed E-state index contributed by atoms with van der Waals surface area (Å²) < 4.78 is 0. The molecule has 1 amide bonds. The maximum Gasteiger partial charge on any atom is 0.237 e. The second-order valence-electron chi connectivity index (χ2n) is 5.87. The summed E-state index contributed by atoms with van der Waals surface area (Å²) in [5.74, 6) is 0.437. The van der Waals surface area contributed by atoms with E-state index in [4.69, 9.17) is 0 Å². The average Bonchev–Trinajstić information content (AvgIpc) is 2.79. The molecule has 0 aromatic carbocycles. The van der Waals surface area contributed by atoms with Crippen LogP contribution >= 0.6 is 0 Å². The predicted molar refractivity (Wildman–Crippen MR) is 78.0 cm³/mol. The van der Waals surface area contributed by atoms with Gasteiger partial charge in [0.2, 0.25) is 5.91 Å². The van der Waals surface area contributed by atoms with Crippen molar-refractivity contribution in [1.82, 2.24) is 10.2 Å². The van der Waals surface area contributed by atoms with Crippen LogP contribution in [0.15, 0.2) is 0 Å². The third-order valence-corrected chi connectivity index (χ3v) is 4.26. The first kappa shape index (κ1) is 16.4. The summed E-state index contributed by atoms with van der Waals surface area (Å²) >= 11 is 0. The molecule has 0 saturated heterocycles. The topological polar surface area (TPSA) is 52.6 Å². The number of nitrogens with zero attached hydrogens (tertiary/aromatic N) is 1. The Hall–Kier alpha value is -0.610. The molecular formula is C15H30N2O2. The van der Waals surface area contributed by atoms with Crippen LogP contribution in [0, 0.1) is 5.92 Å². The van der Waals surface area contributed by atoms with Crippen LogP contribution in [0.5, 0.6) is 0 Å². The minimum Gasteiger partial charge on any atom is -0.393 e. The Morgan fingerprint density at radius 1 is 1.42 bits per heavy atom. The van der Waals surface area contributed by atoms with Crippen molar-refractivity contribution in [3.8, 4) is 0 Å². The third-order valence-electron chi connectivity index (χ3n) is 4.26. The first-order valence-corrected chi connectivity index (χ1v) is 7.72. The van der Waals surface area contributed by atoms with E-state index in [1.54, 1.807) is 0 Å². The normalized spacial score (nSPS) is 24.7. The average molecular weight is 270 g/mol. The van der Waals surface area contributed by atoms with Crippen molar-refractivity contribution in [3.63, 3.8) is 0 Å². The lowest BCUT2D eigenvalue weighted by Gasteiger charge is -2.27. The highest BCUT2D eigenvalue weighted by Gasteiger charge is 2.28. The highest BCUT2D eigenvalue weighted by atomic mass is 16.3. The highest BCUT2D eigenvalue weighted by Crippen LogP contribution is 2.26. The Labute approximate surface area is 117 Å². The SMILES string of the molecule is CCCCCNC(=O)C(C)N(C)CC1CCCC1O. The summed E-state index contributed by atoms with van der Waals surface area (Å²) in [5.41, 5.74) is 0. The Morgan fingerprint density at radius 3 is 2.74 bits per heavy atom. The van der Waals surface area contributed by atoms with Crippen molar-refractivity contribution in [2.45, 2.75) is 64.5 Å². The number of unbranched alkanes of at least 4 members (excludes halogenated alkanes) is 2. The van der Waals surface area contributed by atoms with Gasteiger partial charge in [0.05, 0.1) is 12.1 Å². The fraction of sp³-hybridized carbons (Fsp3) is 0.933. The molecule has 0 aliphatic heterocycles. The molecule has 0 spiro atoms. The molecule has 4 nitrogen and oxygen atoms in total. The van der Waals surface area contributed by atoms with E-state index in [9.17, 15) is 9.90 Å². The monoisotopic (exact) mass is 270 g/mol. The summed E-state index contributed by atoms with van der Waals surface area (Å²) in [6.07, 6.45) is 6.31. The van der Waals surface area contributed by atoms with Crippen LogP contribution in [-0.4, -0.2) is 48.2 Å². The van der Waals surface area contributed by atoms with Crippen LogP contribution in [0.25, 0.3) is 0 Å². The number of carbonyl (C=O) groups excluding carboxylic acids is 1. The second-order valence-corrected chi connectivity index (χ2v) is 5.87. The van der Waals surface area contributed by atoms with E-state index in [0.717, 1.165) is 38.8 Å². The van der Waals surface area contributed by atoms with Gasteiger partial charge in [0.25, 0.3) is 0 Å². The van der Waals surface area contributed by atoms with Gasteiger partial charge in [-0.25, -0.2) is 0 Å². The van der Waals surface area contributed by atoms with Crippen molar-refractivity contribution in [2.24, 2.45) is 5.92 Å². The predicted octanol–water partition coefficient (Wildman–Crippen LogP) is 1.77. The van der Waals surface area contributed by atoms with E-state index in [2.05, 4.69) is 17.1 Å². The van der Waals surface area contributed by atoms with Crippen LogP contribution in [0.1, 0.15) is 52.4 Å². The van der Waals surface area contributed by atoms with E-state index in [1.807, 2.05) is 14.0 Å². The lowest BCUT2D eigenvalue weighted by atomic mass is 10.0. The number of nitrogens with one attached hydrogen (secondary N) is 1. The van der Waals surface area contributed by atoms with Crippen LogP contribution < -0.4 is 5.32 Å². The molecule has 2 N–H and O–H groups in total. The number of hydrogen-bond donors (Lipinski definition) is 2. The number of amides is 1. The summed E-state index contributed by atoms with van der Waals surface area (Å²) in [4.78, 5) is 14.1. The standard InChI is InChI=1S/C15H30N2O2/c1-4-5-6-10-16-15(19)12(2)17(3)11-13-8-7-9-14(13)18/h12-14,18H,4-11H2,1-3H3,(H,16,19). The fourth-order valence-corrected chi connectivity index (χ4v) is 2.69. The van der Waals surface area contributed by atoms with Crippen molar-refractivity contribution < 1.29 is 9.90 Å². The molecule has 112 valence electrons. The van der Waals surface area contributed by atoms with E-state index in [-0.39, 0.29) is 18.1 Å². The molecule has 19 heavy (non-hydrogen) atoms. The zero-order valence-electron chi connectivity index (χ0n) is 12.7. The number of carbonyl (C=O) groups is 1. The summed E-state index contributed by atoms with van der Waals surface area (Å²) in [5, 5.41) is 12.8. The Morgan fingerprint density at radius 2 is 2.16 bits per heavy atom. The fourth-order valence-electron chi connectivity index (χ4n) is 2.69. The van der Waals surface area contributed by atoms with E-state index >= 15 is 0 Å². The van der Waals surface area contributed by atoms with Crippen molar-refractivity contribution >= 4 is 5.91 Å². The van der Waals surface area contributed by atoms with Gasteiger partial charge in [0, 0.05) is 13.1 Å². The quantitative estimate of drug-likeness (QED) is 0.661.